The molecule has 1 amide bonds. The lowest BCUT2D eigenvalue weighted by Gasteiger charge is -2.36. The Morgan fingerprint density at radius 1 is 1.27 bits per heavy atom. The smallest absolute Gasteiger partial charge is 0.217 e. The second-order valence-corrected chi connectivity index (χ2v) is 5.86. The average Bonchev–Trinajstić information content (AvgIpc) is 1.97. The molecule has 1 aliphatic rings. The standard InChI is InChI=1S/C11H20N2O2/c1-10(2)6-8(5-9(12)14)7-11(3,4)13(10)15/h8H,5-7H2,1-4H3,(H-,12,14)/p+1. The fourth-order valence-corrected chi connectivity index (χ4v) is 2.90. The lowest BCUT2D eigenvalue weighted by Crippen LogP contribution is -2.54. The Balaban J connectivity index is 2.84. The molecule has 86 valence electrons. The van der Waals surface area contributed by atoms with Gasteiger partial charge in [-0.25, -0.2) is 0 Å². The summed E-state index contributed by atoms with van der Waals surface area (Å²) in [4.78, 5) is 22.9. The molecular weight excluding hydrogens is 192 g/mol. The van der Waals surface area contributed by atoms with E-state index < -0.39 is 11.1 Å². The summed E-state index contributed by atoms with van der Waals surface area (Å²) in [5.74, 6) is -0.0383. The summed E-state index contributed by atoms with van der Waals surface area (Å²) in [6.45, 7) is 7.70. The zero-order valence-electron chi connectivity index (χ0n) is 10.0. The van der Waals surface area contributed by atoms with Gasteiger partial charge in [0.2, 0.25) is 17.0 Å². The molecular formula is C11H21N2O2+. The van der Waals surface area contributed by atoms with Gasteiger partial charge in [-0.3, -0.25) is 4.79 Å². The number of hydrogen-bond donors (Lipinski definition) is 1. The molecule has 0 spiro atoms. The predicted octanol–water partition coefficient (Wildman–Crippen LogP) is 1.61. The predicted molar refractivity (Wildman–Crippen MR) is 58.3 cm³/mol. The fraction of sp³-hybridized carbons (Fsp3) is 0.909. The van der Waals surface area contributed by atoms with Gasteiger partial charge < -0.3 is 5.73 Å². The highest BCUT2D eigenvalue weighted by Gasteiger charge is 2.53. The van der Waals surface area contributed by atoms with Crippen LogP contribution in [0.2, 0.25) is 0 Å². The molecule has 0 aliphatic carbocycles. The van der Waals surface area contributed by atoms with Gasteiger partial charge in [-0.15, -0.1) is 0 Å². The van der Waals surface area contributed by atoms with Crippen molar-refractivity contribution >= 4 is 5.91 Å². The summed E-state index contributed by atoms with van der Waals surface area (Å²) in [6.07, 6.45) is 1.87. The molecule has 2 N–H and O–H groups in total. The molecule has 1 rings (SSSR count). The first kappa shape index (κ1) is 12.1. The Labute approximate surface area is 90.8 Å². The van der Waals surface area contributed by atoms with Gasteiger partial charge in [0, 0.05) is 56.6 Å². The van der Waals surface area contributed by atoms with Crippen LogP contribution in [0.3, 0.4) is 0 Å². The maximum atomic E-state index is 12.0. The summed E-state index contributed by atoms with van der Waals surface area (Å²) >= 11 is 0. The van der Waals surface area contributed by atoms with Crippen molar-refractivity contribution in [2.45, 2.75) is 58.0 Å². The van der Waals surface area contributed by atoms with E-state index in [0.717, 1.165) is 17.6 Å². The first-order chi connectivity index (χ1) is 6.65. The number of rotatable bonds is 2. The number of primary amides is 1. The quantitative estimate of drug-likeness (QED) is 0.708. The number of piperidine rings is 1. The SMILES string of the molecule is CC1(C)CC(CC(N)=O)CC(C)(C)[N+]1=O. The lowest BCUT2D eigenvalue weighted by molar-refractivity contribution is -0.695. The van der Waals surface area contributed by atoms with Crippen molar-refractivity contribution in [2.75, 3.05) is 0 Å². The van der Waals surface area contributed by atoms with Crippen LogP contribution >= 0.6 is 0 Å². The summed E-state index contributed by atoms with van der Waals surface area (Å²) in [6, 6.07) is 0. The molecule has 0 aromatic rings. The van der Waals surface area contributed by atoms with Crippen molar-refractivity contribution < 1.29 is 9.55 Å². The van der Waals surface area contributed by atoms with Crippen molar-refractivity contribution in [3.63, 3.8) is 0 Å². The molecule has 15 heavy (non-hydrogen) atoms. The van der Waals surface area contributed by atoms with Crippen LogP contribution in [0.4, 0.5) is 0 Å². The number of nitrogens with zero attached hydrogens (tertiary/aromatic N) is 1. The number of hydrogen-bond acceptors (Lipinski definition) is 2. The zero-order chi connectivity index (χ0) is 11.9. The number of carbonyl (C=O) groups excluding carboxylic acids is 1. The molecule has 0 radical (unpaired) electrons. The van der Waals surface area contributed by atoms with Gasteiger partial charge in [-0.05, 0) is 5.92 Å². The number of amides is 1. The number of nitroso groups, excluding NO2 is 1. The van der Waals surface area contributed by atoms with Crippen LogP contribution in [0.25, 0.3) is 0 Å². The maximum absolute atomic E-state index is 12.0. The number of carbonyl (C=O) groups is 1. The van der Waals surface area contributed by atoms with Crippen molar-refractivity contribution in [1.29, 1.82) is 0 Å². The summed E-state index contributed by atoms with van der Waals surface area (Å²) in [7, 11) is 0. The van der Waals surface area contributed by atoms with Gasteiger partial charge in [-0.2, -0.15) is 0 Å². The van der Waals surface area contributed by atoms with Gasteiger partial charge in [0.1, 0.15) is 0 Å². The molecule has 4 nitrogen and oxygen atoms in total. The largest absolute Gasteiger partial charge is 0.370 e. The van der Waals surface area contributed by atoms with Crippen LogP contribution in [-0.4, -0.2) is 21.7 Å². The second-order valence-electron chi connectivity index (χ2n) is 5.86. The van der Waals surface area contributed by atoms with Crippen LogP contribution in [-0.2, 0) is 4.79 Å². The molecule has 1 fully saturated rings. The van der Waals surface area contributed by atoms with E-state index in [1.54, 1.807) is 0 Å². The van der Waals surface area contributed by atoms with Crippen molar-refractivity contribution in [2.24, 2.45) is 11.7 Å². The fourth-order valence-electron chi connectivity index (χ4n) is 2.90. The molecule has 1 aliphatic heterocycles. The minimum Gasteiger partial charge on any atom is -0.370 e. The molecule has 0 aromatic heterocycles. The molecule has 0 bridgehead atoms. The third-order valence-electron chi connectivity index (χ3n) is 3.17. The molecule has 0 aromatic carbocycles. The maximum Gasteiger partial charge on any atom is 0.217 e. The Morgan fingerprint density at radius 2 is 1.67 bits per heavy atom. The van der Waals surface area contributed by atoms with Crippen molar-refractivity contribution in [1.82, 2.24) is 0 Å². The first-order valence-corrected chi connectivity index (χ1v) is 5.41. The van der Waals surface area contributed by atoms with Crippen molar-refractivity contribution in [3.8, 4) is 0 Å². The van der Waals surface area contributed by atoms with Gasteiger partial charge in [0.05, 0.1) is 0 Å². The molecule has 0 atom stereocenters. The minimum atomic E-state index is -0.401. The molecule has 0 unspecified atom stereocenters. The molecule has 4 heteroatoms. The normalized spacial score (nSPS) is 25.2. The highest BCUT2D eigenvalue weighted by atomic mass is 16.3. The lowest BCUT2D eigenvalue weighted by atomic mass is 9.74. The number of nitrogens with two attached hydrogens (primary N) is 1. The van der Waals surface area contributed by atoms with Gasteiger partial charge >= 0.3 is 0 Å². The van der Waals surface area contributed by atoms with E-state index in [2.05, 4.69) is 0 Å². The highest BCUT2D eigenvalue weighted by Crippen LogP contribution is 2.38. The average molecular weight is 213 g/mol. The Morgan fingerprint density at radius 3 is 2.00 bits per heavy atom. The monoisotopic (exact) mass is 213 g/mol. The summed E-state index contributed by atoms with van der Waals surface area (Å²) < 4.78 is 1.16. The minimum absolute atomic E-state index is 0.234. The van der Waals surface area contributed by atoms with Gasteiger partial charge in [0.25, 0.3) is 0 Å². The van der Waals surface area contributed by atoms with E-state index in [4.69, 9.17) is 5.73 Å². The topological polar surface area (TPSA) is 63.2 Å². The zero-order valence-corrected chi connectivity index (χ0v) is 10.0. The van der Waals surface area contributed by atoms with Crippen LogP contribution in [0.1, 0.15) is 47.0 Å². The summed E-state index contributed by atoms with van der Waals surface area (Å²) in [5.41, 5.74) is 4.40. The van der Waals surface area contributed by atoms with E-state index in [0.29, 0.717) is 6.42 Å². The van der Waals surface area contributed by atoms with E-state index >= 15 is 0 Å². The van der Waals surface area contributed by atoms with Gasteiger partial charge in [-0.1, -0.05) is 0 Å². The second kappa shape index (κ2) is 3.58. The molecule has 1 heterocycles. The molecule has 0 saturated carbocycles. The van der Waals surface area contributed by atoms with Crippen LogP contribution in [0, 0.1) is 10.8 Å². The van der Waals surface area contributed by atoms with Crippen LogP contribution in [0.5, 0.6) is 0 Å². The van der Waals surface area contributed by atoms with Crippen LogP contribution < -0.4 is 5.73 Å². The summed E-state index contributed by atoms with van der Waals surface area (Å²) in [5, 5.41) is 0. The Bertz CT molecular complexity index is 275. The Hall–Kier alpha value is -0.930. The van der Waals surface area contributed by atoms with Crippen LogP contribution in [0.15, 0.2) is 0 Å². The van der Waals surface area contributed by atoms with E-state index in [1.807, 2.05) is 27.7 Å². The third kappa shape index (κ3) is 2.55. The van der Waals surface area contributed by atoms with E-state index in [1.165, 1.54) is 0 Å². The third-order valence-corrected chi connectivity index (χ3v) is 3.17. The van der Waals surface area contributed by atoms with Crippen molar-refractivity contribution in [3.05, 3.63) is 4.91 Å². The van der Waals surface area contributed by atoms with E-state index in [9.17, 15) is 9.70 Å². The highest BCUT2D eigenvalue weighted by molar-refractivity contribution is 5.74. The van der Waals surface area contributed by atoms with Gasteiger partial charge in [0.15, 0.2) is 0 Å². The Kier molecular flexibility index (Phi) is 2.90. The molecule has 1 saturated heterocycles. The first-order valence-electron chi connectivity index (χ1n) is 5.41. The van der Waals surface area contributed by atoms with E-state index in [-0.39, 0.29) is 11.8 Å².